The molecule has 0 amide bonds. The van der Waals surface area contributed by atoms with Crippen molar-refractivity contribution in [2.75, 3.05) is 30.8 Å². The lowest BCUT2D eigenvalue weighted by atomic mass is 9.65. The zero-order valence-electron chi connectivity index (χ0n) is 18.4. The summed E-state index contributed by atoms with van der Waals surface area (Å²) in [4.78, 5) is 16.4. The van der Waals surface area contributed by atoms with Crippen LogP contribution in [-0.2, 0) is 10.2 Å². The number of nitrogens with zero attached hydrogens (tertiary/aromatic N) is 3. The van der Waals surface area contributed by atoms with E-state index in [-0.39, 0.29) is 25.1 Å². The molecule has 2 N–H and O–H groups in total. The molecule has 33 heavy (non-hydrogen) atoms. The Kier molecular flexibility index (Phi) is 6.48. The van der Waals surface area contributed by atoms with E-state index in [2.05, 4.69) is 25.8 Å². The number of hydrogen-bond donors (Lipinski definition) is 2. The number of aromatic nitrogens is 3. The van der Waals surface area contributed by atoms with Gasteiger partial charge in [0.05, 0.1) is 23.6 Å². The molecule has 0 saturated heterocycles. The summed E-state index contributed by atoms with van der Waals surface area (Å²) >= 11 is 0. The van der Waals surface area contributed by atoms with Gasteiger partial charge in [0.1, 0.15) is 17.8 Å². The van der Waals surface area contributed by atoms with Crippen molar-refractivity contribution in [3.05, 3.63) is 65.7 Å². The maximum Gasteiger partial charge on any atom is 0.340 e. The number of halogens is 2. The summed E-state index contributed by atoms with van der Waals surface area (Å²) in [5.74, 6) is -0.377. The maximum absolute atomic E-state index is 14.3. The fourth-order valence-electron chi connectivity index (χ4n) is 4.13. The first-order chi connectivity index (χ1) is 16.0. The van der Waals surface area contributed by atoms with Crippen LogP contribution in [-0.4, -0.2) is 47.5 Å². The van der Waals surface area contributed by atoms with E-state index in [9.17, 15) is 13.6 Å². The Morgan fingerprint density at radius 3 is 2.67 bits per heavy atom. The Morgan fingerprint density at radius 1 is 1.21 bits per heavy atom. The number of ether oxygens (including phenoxy) is 1. The largest absolute Gasteiger partial charge is 0.462 e. The third kappa shape index (κ3) is 4.62. The zero-order valence-corrected chi connectivity index (χ0v) is 18.4. The lowest BCUT2D eigenvalue weighted by Gasteiger charge is -2.44. The maximum atomic E-state index is 14.3. The first-order valence-electron chi connectivity index (χ1n) is 10.8. The highest BCUT2D eigenvalue weighted by atomic mass is 19.1. The number of hydrogen-bond acceptors (Lipinski definition) is 7. The second kappa shape index (κ2) is 9.48. The Balaban J connectivity index is 1.50. The molecule has 1 saturated carbocycles. The van der Waals surface area contributed by atoms with Crippen LogP contribution in [0.15, 0.2) is 48.7 Å². The van der Waals surface area contributed by atoms with Gasteiger partial charge in [-0.05, 0) is 56.2 Å². The van der Waals surface area contributed by atoms with Gasteiger partial charge in [-0.3, -0.25) is 4.98 Å². The monoisotopic (exact) mass is 453 g/mol. The van der Waals surface area contributed by atoms with E-state index in [4.69, 9.17) is 4.74 Å². The van der Waals surface area contributed by atoms with E-state index in [1.54, 1.807) is 38.2 Å². The number of anilines is 2. The van der Waals surface area contributed by atoms with Gasteiger partial charge in [-0.1, -0.05) is 6.07 Å². The van der Waals surface area contributed by atoms with Gasteiger partial charge in [0.15, 0.2) is 0 Å². The molecule has 0 spiro atoms. The molecule has 4 rings (SSSR count). The molecule has 0 unspecified atom stereocenters. The molecule has 9 heteroatoms. The fraction of sp³-hybridized carbons (Fsp3) is 0.333. The molecule has 3 aromatic rings. The lowest BCUT2D eigenvalue weighted by molar-refractivity contribution is 0.0527. The second-order valence-corrected chi connectivity index (χ2v) is 8.01. The molecule has 7 nitrogen and oxygen atoms in total. The molecular weight excluding hydrogens is 428 g/mol. The van der Waals surface area contributed by atoms with Gasteiger partial charge in [-0.15, -0.1) is 10.2 Å². The molecule has 1 aromatic carbocycles. The Bertz CT molecular complexity index is 1130. The third-order valence-corrected chi connectivity index (χ3v) is 5.84. The van der Waals surface area contributed by atoms with Gasteiger partial charge < -0.3 is 15.4 Å². The summed E-state index contributed by atoms with van der Waals surface area (Å²) in [5.41, 5.74) is 1.90. The van der Waals surface area contributed by atoms with Crippen molar-refractivity contribution in [1.29, 1.82) is 0 Å². The average Bonchev–Trinajstić information content (AvgIpc) is 2.81. The minimum Gasteiger partial charge on any atom is -0.462 e. The Labute approximate surface area is 190 Å². The van der Waals surface area contributed by atoms with E-state index < -0.39 is 23.4 Å². The second-order valence-electron chi connectivity index (χ2n) is 8.01. The summed E-state index contributed by atoms with van der Waals surface area (Å²) in [7, 11) is 1.73. The normalized spacial score (nSPS) is 19.5. The highest BCUT2D eigenvalue weighted by molar-refractivity contribution is 5.97. The molecular formula is C24H25F2N5O2. The molecule has 2 heterocycles. The number of alkyl halides is 1. The van der Waals surface area contributed by atoms with E-state index >= 15 is 0 Å². The van der Waals surface area contributed by atoms with Crippen molar-refractivity contribution in [2.45, 2.75) is 31.4 Å². The highest BCUT2D eigenvalue weighted by Gasteiger charge is 2.48. The minimum atomic E-state index is -0.976. The van der Waals surface area contributed by atoms with Crippen LogP contribution < -0.4 is 10.6 Å². The quantitative estimate of drug-likeness (QED) is 0.490. The topological polar surface area (TPSA) is 89.0 Å². The van der Waals surface area contributed by atoms with Crippen molar-refractivity contribution in [3.63, 3.8) is 0 Å². The standard InChI is InChI=1S/C24H25F2N5O2/c1-3-33-23(32)17-11-15(6-7-20(17)27-2)19-8-9-21(31-30-19)29-14-24(12-16(25)13-24)22-18(26)5-4-10-28-22/h4-11,16,27H,3,12-14H2,1-2H3,(H,29,31). The van der Waals surface area contributed by atoms with E-state index in [1.807, 2.05) is 6.07 Å². The van der Waals surface area contributed by atoms with Crippen LogP contribution in [0.3, 0.4) is 0 Å². The predicted molar refractivity (Wildman–Crippen MR) is 121 cm³/mol. The Morgan fingerprint density at radius 2 is 2.03 bits per heavy atom. The van der Waals surface area contributed by atoms with Gasteiger partial charge in [0, 0.05) is 36.5 Å². The molecule has 1 fully saturated rings. The van der Waals surface area contributed by atoms with Crippen molar-refractivity contribution >= 4 is 17.5 Å². The fourth-order valence-corrected chi connectivity index (χ4v) is 4.13. The van der Waals surface area contributed by atoms with Crippen LogP contribution in [0.25, 0.3) is 11.3 Å². The molecule has 2 aromatic heterocycles. The lowest BCUT2D eigenvalue weighted by Crippen LogP contribution is -2.49. The molecule has 0 aliphatic heterocycles. The van der Waals surface area contributed by atoms with E-state index in [0.29, 0.717) is 34.9 Å². The molecule has 0 atom stereocenters. The number of nitrogens with one attached hydrogen (secondary N) is 2. The number of pyridine rings is 1. The van der Waals surface area contributed by atoms with Crippen LogP contribution in [0, 0.1) is 5.82 Å². The first-order valence-corrected chi connectivity index (χ1v) is 10.8. The summed E-state index contributed by atoms with van der Waals surface area (Å²) in [6.07, 6.45) is 0.947. The molecule has 172 valence electrons. The SMILES string of the molecule is CCOC(=O)c1cc(-c2ccc(NCC3(c4ncccc4F)CC(F)C3)nn2)ccc1NC. The van der Waals surface area contributed by atoms with Crippen molar-refractivity contribution < 1.29 is 18.3 Å². The molecule has 1 aliphatic rings. The van der Waals surface area contributed by atoms with Gasteiger partial charge in [0.2, 0.25) is 0 Å². The van der Waals surface area contributed by atoms with E-state index in [0.717, 1.165) is 0 Å². The third-order valence-electron chi connectivity index (χ3n) is 5.84. The number of carbonyl (C=O) groups is 1. The minimum absolute atomic E-state index is 0.202. The summed E-state index contributed by atoms with van der Waals surface area (Å²) < 4.78 is 33.2. The van der Waals surface area contributed by atoms with Crippen molar-refractivity contribution in [2.24, 2.45) is 0 Å². The van der Waals surface area contributed by atoms with Crippen LogP contribution in [0.2, 0.25) is 0 Å². The Hall–Kier alpha value is -3.62. The van der Waals surface area contributed by atoms with Crippen LogP contribution >= 0.6 is 0 Å². The van der Waals surface area contributed by atoms with Gasteiger partial charge in [-0.2, -0.15) is 0 Å². The highest BCUT2D eigenvalue weighted by Crippen LogP contribution is 2.45. The van der Waals surface area contributed by atoms with Crippen molar-refractivity contribution in [1.82, 2.24) is 15.2 Å². The van der Waals surface area contributed by atoms with Gasteiger partial charge in [-0.25, -0.2) is 13.6 Å². The summed E-state index contributed by atoms with van der Waals surface area (Å²) in [5, 5.41) is 14.6. The van der Waals surface area contributed by atoms with Crippen LogP contribution in [0.4, 0.5) is 20.3 Å². The van der Waals surface area contributed by atoms with Crippen LogP contribution in [0.5, 0.6) is 0 Å². The number of benzene rings is 1. The summed E-state index contributed by atoms with van der Waals surface area (Å²) in [6.45, 7) is 2.32. The average molecular weight is 453 g/mol. The molecule has 0 radical (unpaired) electrons. The first kappa shape index (κ1) is 22.6. The number of rotatable bonds is 8. The van der Waals surface area contributed by atoms with E-state index in [1.165, 1.54) is 18.3 Å². The zero-order chi connectivity index (χ0) is 23.4. The number of esters is 1. The molecule has 1 aliphatic carbocycles. The predicted octanol–water partition coefficient (Wildman–Crippen LogP) is 4.38. The number of carbonyl (C=O) groups excluding carboxylic acids is 1. The van der Waals surface area contributed by atoms with Crippen molar-refractivity contribution in [3.8, 4) is 11.3 Å². The van der Waals surface area contributed by atoms with Crippen LogP contribution in [0.1, 0.15) is 35.8 Å². The smallest absolute Gasteiger partial charge is 0.340 e. The van der Waals surface area contributed by atoms with Gasteiger partial charge >= 0.3 is 5.97 Å². The summed E-state index contributed by atoms with van der Waals surface area (Å²) in [6, 6.07) is 11.7. The molecule has 0 bridgehead atoms. The van der Waals surface area contributed by atoms with Gasteiger partial charge in [0.25, 0.3) is 0 Å².